The maximum absolute atomic E-state index is 2.52. The fraction of sp³-hybridized carbons (Fsp3) is 0.0435. The van der Waals surface area contributed by atoms with Crippen LogP contribution in [0.3, 0.4) is 0 Å². The van der Waals surface area contributed by atoms with Crippen molar-refractivity contribution < 1.29 is 0 Å². The average Bonchev–Trinajstić information content (AvgIpc) is 1.61. The molecule has 2 aromatic heterocycles. The molecule has 0 fully saturated rings. The van der Waals surface area contributed by atoms with Gasteiger partial charge in [0.05, 0.1) is 17.1 Å². The van der Waals surface area contributed by atoms with E-state index < -0.39 is 0 Å². The number of fused-ring (bicyclic) bond motifs is 27. The molecule has 0 radical (unpaired) electrons. The van der Waals surface area contributed by atoms with Crippen LogP contribution in [0.2, 0.25) is 0 Å². The maximum Gasteiger partial charge on any atom is 0.0540 e. The van der Waals surface area contributed by atoms with Gasteiger partial charge in [0, 0.05) is 119 Å². The molecule has 0 atom stereocenters. The van der Waals surface area contributed by atoms with Crippen molar-refractivity contribution in [3.05, 3.63) is 520 Å². The molecule has 0 spiro atoms. The lowest BCUT2D eigenvalue weighted by Crippen LogP contribution is -2.18. The summed E-state index contributed by atoms with van der Waals surface area (Å²) < 4.78 is 5.28. The summed E-state index contributed by atoms with van der Waals surface area (Å²) in [5.74, 6) is 0. The minimum atomic E-state index is -0.307. The molecule has 27 aromatic rings. The molecule has 0 aliphatic heterocycles. The summed E-state index contributed by atoms with van der Waals surface area (Å²) in [6.07, 6.45) is 0. The van der Waals surface area contributed by atoms with Crippen molar-refractivity contribution in [2.75, 3.05) is 19.6 Å². The number of para-hydroxylation sites is 3. The van der Waals surface area contributed by atoms with Gasteiger partial charge in [0.2, 0.25) is 0 Å². The van der Waals surface area contributed by atoms with Crippen molar-refractivity contribution in [3.8, 4) is 44.5 Å². The molecule has 2 aliphatic carbocycles. The molecule has 25 aromatic carbocycles. The Balaban J connectivity index is 0.000000140. The third-order valence-electron chi connectivity index (χ3n) is 31.0. The van der Waals surface area contributed by atoms with Crippen molar-refractivity contribution in [2.45, 2.75) is 38.5 Å². The molecule has 0 amide bonds. The van der Waals surface area contributed by atoms with Gasteiger partial charge in [-0.25, -0.2) is 0 Å². The maximum atomic E-state index is 2.52. The van der Waals surface area contributed by atoms with Crippen LogP contribution in [0.1, 0.15) is 49.9 Å². The van der Waals surface area contributed by atoms with E-state index in [1.165, 1.54) is 204 Å². The van der Waals surface area contributed by atoms with Crippen LogP contribution >= 0.6 is 22.7 Å². The third kappa shape index (κ3) is 13.6. The Labute approximate surface area is 844 Å². The van der Waals surface area contributed by atoms with E-state index in [0.717, 1.165) is 68.2 Å². The summed E-state index contributed by atoms with van der Waals surface area (Å²) in [6, 6.07) is 185. The molecular formula is C138H94N4S2. The number of thiophene rings is 2. The van der Waals surface area contributed by atoms with Gasteiger partial charge in [-0.15, -0.1) is 22.7 Å². The second kappa shape index (κ2) is 33.6. The Kier molecular flexibility index (Phi) is 19.7. The molecule has 144 heavy (non-hydrogen) atoms. The highest BCUT2D eigenvalue weighted by molar-refractivity contribution is 7.26. The first-order chi connectivity index (χ1) is 70.9. The van der Waals surface area contributed by atoms with E-state index >= 15 is 0 Å². The van der Waals surface area contributed by atoms with Gasteiger partial charge in [0.25, 0.3) is 0 Å². The molecule has 0 N–H and O–H groups in total. The van der Waals surface area contributed by atoms with Crippen LogP contribution in [0.4, 0.5) is 68.2 Å². The van der Waals surface area contributed by atoms with Gasteiger partial charge >= 0.3 is 0 Å². The van der Waals surface area contributed by atoms with E-state index in [9.17, 15) is 0 Å². The van der Waals surface area contributed by atoms with Gasteiger partial charge < -0.3 is 19.6 Å². The zero-order valence-electron chi connectivity index (χ0n) is 79.9. The van der Waals surface area contributed by atoms with Crippen LogP contribution in [0, 0.1) is 0 Å². The Bertz CT molecular complexity index is 9850. The molecule has 0 unspecified atom stereocenters. The standard InChI is InChI=1S/C71H48N2S.C67H46N2S/c1-71(2)65-43-49(72(47-19-4-3-5-20-47)67-29-16-18-45-17-6-7-21-52(45)67)33-36-59(65)60-37-34-50(44-66(60)71)73(48-32-35-58-56-25-9-8-23-54(56)55-24-10-11-26-57(55)63(58)42-48)68-39-38-51(53-22-12-13-27-61(53)68)46-31-40-70-64(41-46)62-28-14-15-30-69(62)74-70;1-67(2)62-41-47(68(44-17-5-3-6-18-44)45-19-7-4-8-20-45)31-34-56(62)57-35-32-48(42-63(57)67)69(46-30-33-55-53-24-10-9-22-51(53)52-23-11-12-25-54(52)60(55)40-46)64-37-36-49(50-21-13-14-26-58(50)64)43-29-38-66-61(39-43)59-27-15-16-28-65(59)70-66/h3-44H,1-2H3;3-42H,1-2H3. The van der Waals surface area contributed by atoms with E-state index in [1.807, 2.05) is 22.7 Å². The van der Waals surface area contributed by atoms with Crippen LogP contribution in [-0.4, -0.2) is 0 Å². The summed E-state index contributed by atoms with van der Waals surface area (Å²) in [5.41, 5.74) is 28.4. The molecule has 29 rings (SSSR count). The number of nitrogens with zero attached hydrogens (tertiary/aromatic N) is 4. The van der Waals surface area contributed by atoms with E-state index in [4.69, 9.17) is 0 Å². The Morgan fingerprint density at radius 1 is 0.146 bits per heavy atom. The highest BCUT2D eigenvalue weighted by Crippen LogP contribution is 2.58. The predicted molar refractivity (Wildman–Crippen MR) is 621 cm³/mol. The SMILES string of the molecule is CC1(C)c2cc(N(c3ccccc3)c3cccc4ccccc34)ccc2-c2ccc(N(c3ccc4c5ccccc5c5ccccc5c4c3)c3ccc(-c4ccc5sc6ccccc6c5c4)c4ccccc34)cc21.CC1(C)c2cc(N(c3ccccc3)c3ccccc3)ccc2-c2ccc(N(c3ccc4c5ccccc5c5ccccc5c4c3)c3ccc(-c4ccc5sc6ccccc6c5c4)c4ccccc34)cc21. The quantitative estimate of drug-likeness (QED) is 0.101. The number of hydrogen-bond acceptors (Lipinski definition) is 6. The Morgan fingerprint density at radius 3 is 0.785 bits per heavy atom. The minimum Gasteiger partial charge on any atom is -0.310 e. The first kappa shape index (κ1) is 84.5. The van der Waals surface area contributed by atoms with Gasteiger partial charge in [-0.1, -0.05) is 361 Å². The van der Waals surface area contributed by atoms with Crippen molar-refractivity contribution in [1.29, 1.82) is 0 Å². The number of anilines is 12. The van der Waals surface area contributed by atoms with Crippen LogP contribution in [0.5, 0.6) is 0 Å². The fourth-order valence-electron chi connectivity index (χ4n) is 24.2. The summed E-state index contributed by atoms with van der Waals surface area (Å²) in [7, 11) is 0. The normalized spacial score (nSPS) is 12.8. The molecule has 2 heterocycles. The van der Waals surface area contributed by atoms with E-state index in [-0.39, 0.29) is 10.8 Å². The van der Waals surface area contributed by atoms with Gasteiger partial charge in [0.1, 0.15) is 0 Å². The fourth-order valence-corrected chi connectivity index (χ4v) is 26.3. The largest absolute Gasteiger partial charge is 0.310 e. The number of hydrogen-bond donors (Lipinski definition) is 0. The van der Waals surface area contributed by atoms with E-state index in [0.29, 0.717) is 0 Å². The monoisotopic (exact) mass is 1870 g/mol. The van der Waals surface area contributed by atoms with Gasteiger partial charge in [0.15, 0.2) is 0 Å². The molecule has 0 saturated carbocycles. The predicted octanol–water partition coefficient (Wildman–Crippen LogP) is 40.3. The van der Waals surface area contributed by atoms with Crippen molar-refractivity contribution in [2.24, 2.45) is 0 Å². The first-order valence-electron chi connectivity index (χ1n) is 49.9. The molecule has 2 aliphatic rings. The molecule has 4 nitrogen and oxygen atoms in total. The molecule has 0 saturated heterocycles. The van der Waals surface area contributed by atoms with Gasteiger partial charge in [-0.2, -0.15) is 0 Å². The number of rotatable bonds is 14. The molecule has 0 bridgehead atoms. The summed E-state index contributed by atoms with van der Waals surface area (Å²) >= 11 is 3.74. The average molecular weight is 1870 g/mol. The zero-order valence-corrected chi connectivity index (χ0v) is 81.6. The zero-order chi connectivity index (χ0) is 95.6. The van der Waals surface area contributed by atoms with E-state index in [2.05, 4.69) is 545 Å². The Hall–Kier alpha value is -17.5. The molecule has 6 heteroatoms. The lowest BCUT2D eigenvalue weighted by atomic mass is 9.82. The lowest BCUT2D eigenvalue weighted by molar-refractivity contribution is 0.660. The minimum absolute atomic E-state index is 0.281. The van der Waals surface area contributed by atoms with E-state index in [1.54, 1.807) is 0 Å². The van der Waals surface area contributed by atoms with Crippen molar-refractivity contribution in [1.82, 2.24) is 0 Å². The second-order valence-electron chi connectivity index (χ2n) is 39.6. The summed E-state index contributed by atoms with van der Waals surface area (Å²) in [4.78, 5) is 9.83. The first-order valence-corrected chi connectivity index (χ1v) is 51.5. The lowest BCUT2D eigenvalue weighted by Gasteiger charge is -2.30. The number of benzene rings is 25. The summed E-state index contributed by atoms with van der Waals surface area (Å²) in [5, 5.41) is 27.7. The highest BCUT2D eigenvalue weighted by atomic mass is 32.1. The molecular weight excluding hydrogens is 1780 g/mol. The second-order valence-corrected chi connectivity index (χ2v) is 41.8. The van der Waals surface area contributed by atoms with Gasteiger partial charge in [-0.3, -0.25) is 0 Å². The van der Waals surface area contributed by atoms with Gasteiger partial charge in [-0.05, 0) is 311 Å². The Morgan fingerprint density at radius 2 is 0.403 bits per heavy atom. The topological polar surface area (TPSA) is 13.0 Å². The summed E-state index contributed by atoms with van der Waals surface area (Å²) in [6.45, 7) is 9.61. The van der Waals surface area contributed by atoms with Crippen LogP contribution in [0.15, 0.2) is 497 Å². The third-order valence-corrected chi connectivity index (χ3v) is 33.3. The smallest absolute Gasteiger partial charge is 0.0540 e. The van der Waals surface area contributed by atoms with Crippen LogP contribution < -0.4 is 19.6 Å². The van der Waals surface area contributed by atoms with Crippen molar-refractivity contribution in [3.63, 3.8) is 0 Å². The van der Waals surface area contributed by atoms with Crippen LogP contribution in [-0.2, 0) is 10.8 Å². The van der Waals surface area contributed by atoms with Crippen LogP contribution in [0.25, 0.3) is 182 Å². The molecule has 678 valence electrons. The van der Waals surface area contributed by atoms with Crippen molar-refractivity contribution >= 4 is 228 Å². The highest BCUT2D eigenvalue weighted by Gasteiger charge is 2.40.